The summed E-state index contributed by atoms with van der Waals surface area (Å²) in [6.07, 6.45) is 2.14. The Kier molecular flexibility index (Phi) is 3.86. The number of para-hydroxylation sites is 1. The van der Waals surface area contributed by atoms with E-state index < -0.39 is 0 Å². The van der Waals surface area contributed by atoms with Gasteiger partial charge in [-0.2, -0.15) is 0 Å². The van der Waals surface area contributed by atoms with Gasteiger partial charge >= 0.3 is 0 Å². The molecule has 0 aliphatic carbocycles. The van der Waals surface area contributed by atoms with E-state index >= 15 is 0 Å². The van der Waals surface area contributed by atoms with Crippen LogP contribution in [0.2, 0.25) is 0 Å². The predicted octanol–water partition coefficient (Wildman–Crippen LogP) is 3.69. The molecule has 0 fully saturated rings. The summed E-state index contributed by atoms with van der Waals surface area (Å²) in [5.41, 5.74) is 3.20. The molecule has 4 heteroatoms. The fourth-order valence-corrected chi connectivity index (χ4v) is 2.49. The minimum Gasteiger partial charge on any atom is -0.507 e. The Morgan fingerprint density at radius 1 is 1.10 bits per heavy atom. The van der Waals surface area contributed by atoms with Crippen LogP contribution in [0.3, 0.4) is 0 Å². The Bertz CT molecular complexity index is 640. The highest BCUT2D eigenvalue weighted by Gasteiger charge is 2.16. The number of hydrogen-bond acceptors (Lipinski definition) is 4. The number of ether oxygens (including phenoxy) is 2. The van der Waals surface area contributed by atoms with Gasteiger partial charge in [0.15, 0.2) is 11.5 Å². The molecular formula is C17H19NO3. The molecule has 4 nitrogen and oxygen atoms in total. The zero-order valence-electron chi connectivity index (χ0n) is 12.1. The van der Waals surface area contributed by atoms with Gasteiger partial charge in [-0.25, -0.2) is 0 Å². The van der Waals surface area contributed by atoms with Gasteiger partial charge in [0.2, 0.25) is 6.79 Å². The Morgan fingerprint density at radius 2 is 1.86 bits per heavy atom. The van der Waals surface area contributed by atoms with Crippen molar-refractivity contribution in [2.75, 3.05) is 12.1 Å². The topological polar surface area (TPSA) is 50.7 Å². The first-order valence-electron chi connectivity index (χ1n) is 7.21. The van der Waals surface area contributed by atoms with E-state index in [4.69, 9.17) is 9.47 Å². The van der Waals surface area contributed by atoms with Gasteiger partial charge in [-0.15, -0.1) is 0 Å². The van der Waals surface area contributed by atoms with Crippen LogP contribution in [-0.2, 0) is 13.0 Å². The summed E-state index contributed by atoms with van der Waals surface area (Å²) in [5.74, 6) is 1.51. The summed E-state index contributed by atoms with van der Waals surface area (Å²) in [7, 11) is 0. The zero-order valence-corrected chi connectivity index (χ0v) is 12.1. The molecule has 2 N–H and O–H groups in total. The second-order valence-corrected chi connectivity index (χ2v) is 5.09. The van der Waals surface area contributed by atoms with Gasteiger partial charge in [-0.1, -0.05) is 31.5 Å². The fourth-order valence-electron chi connectivity index (χ4n) is 2.49. The summed E-state index contributed by atoms with van der Waals surface area (Å²) in [4.78, 5) is 0. The van der Waals surface area contributed by atoms with Crippen LogP contribution in [0.1, 0.15) is 24.5 Å². The predicted molar refractivity (Wildman–Crippen MR) is 82.0 cm³/mol. The first kappa shape index (κ1) is 13.6. The third-order valence-corrected chi connectivity index (χ3v) is 3.58. The van der Waals surface area contributed by atoms with Gasteiger partial charge in [0, 0.05) is 23.9 Å². The number of phenols is 1. The van der Waals surface area contributed by atoms with E-state index in [1.165, 1.54) is 5.56 Å². The van der Waals surface area contributed by atoms with Crippen molar-refractivity contribution in [2.24, 2.45) is 0 Å². The number of anilines is 1. The molecule has 0 radical (unpaired) electrons. The lowest BCUT2D eigenvalue weighted by atomic mass is 10.1. The number of hydrogen-bond donors (Lipinski definition) is 2. The molecule has 0 aromatic heterocycles. The maximum absolute atomic E-state index is 10.0. The summed E-state index contributed by atoms with van der Waals surface area (Å²) in [6.45, 7) is 2.93. The van der Waals surface area contributed by atoms with Gasteiger partial charge in [-0.05, 0) is 24.1 Å². The lowest BCUT2D eigenvalue weighted by Crippen LogP contribution is -2.02. The van der Waals surface area contributed by atoms with Crippen LogP contribution in [0.4, 0.5) is 5.69 Å². The van der Waals surface area contributed by atoms with Crippen molar-refractivity contribution in [2.45, 2.75) is 26.3 Å². The molecule has 0 bridgehead atoms. The molecule has 1 aliphatic heterocycles. The molecule has 0 amide bonds. The van der Waals surface area contributed by atoms with Crippen molar-refractivity contribution in [1.29, 1.82) is 0 Å². The van der Waals surface area contributed by atoms with Crippen LogP contribution in [0.25, 0.3) is 0 Å². The number of nitrogens with one attached hydrogen (secondary N) is 1. The number of fused-ring (bicyclic) bond motifs is 1. The quantitative estimate of drug-likeness (QED) is 0.879. The van der Waals surface area contributed by atoms with Crippen LogP contribution in [0.5, 0.6) is 17.2 Å². The largest absolute Gasteiger partial charge is 0.507 e. The minimum absolute atomic E-state index is 0.213. The van der Waals surface area contributed by atoms with Gasteiger partial charge in [0.25, 0.3) is 0 Å². The normalized spacial score (nSPS) is 12.4. The van der Waals surface area contributed by atoms with Crippen LogP contribution in [-0.4, -0.2) is 11.9 Å². The molecule has 110 valence electrons. The van der Waals surface area contributed by atoms with Gasteiger partial charge in [0.1, 0.15) is 5.75 Å². The number of aromatic hydroxyl groups is 1. The first-order valence-corrected chi connectivity index (χ1v) is 7.21. The van der Waals surface area contributed by atoms with E-state index in [1.54, 1.807) is 6.07 Å². The third-order valence-electron chi connectivity index (χ3n) is 3.58. The van der Waals surface area contributed by atoms with E-state index in [-0.39, 0.29) is 12.5 Å². The average Bonchev–Trinajstić information content (AvgIpc) is 2.93. The number of aryl methyl sites for hydroxylation is 1. The highest BCUT2D eigenvalue weighted by atomic mass is 16.7. The fraction of sp³-hybridized carbons (Fsp3) is 0.294. The smallest absolute Gasteiger partial charge is 0.231 e. The Labute approximate surface area is 124 Å². The summed E-state index contributed by atoms with van der Waals surface area (Å²) < 4.78 is 10.6. The minimum atomic E-state index is 0.213. The second-order valence-electron chi connectivity index (χ2n) is 5.09. The molecule has 3 rings (SSSR count). The second kappa shape index (κ2) is 5.95. The summed E-state index contributed by atoms with van der Waals surface area (Å²) in [5, 5.41) is 13.4. The highest BCUT2D eigenvalue weighted by Crippen LogP contribution is 2.37. The zero-order chi connectivity index (χ0) is 14.7. The maximum Gasteiger partial charge on any atom is 0.231 e. The van der Waals surface area contributed by atoms with Crippen LogP contribution in [0.15, 0.2) is 36.4 Å². The van der Waals surface area contributed by atoms with Crippen molar-refractivity contribution < 1.29 is 14.6 Å². The molecule has 1 heterocycles. The van der Waals surface area contributed by atoms with Crippen molar-refractivity contribution in [3.63, 3.8) is 0 Å². The standard InChI is InChI=1S/C17H19NO3/c1-2-5-12-6-3-4-7-14(12)18-10-13-8-16-17(9-15(13)19)21-11-20-16/h3-4,6-9,18-19H,2,5,10-11H2,1H3. The highest BCUT2D eigenvalue weighted by molar-refractivity contribution is 5.55. The lowest BCUT2D eigenvalue weighted by molar-refractivity contribution is 0.174. The van der Waals surface area contributed by atoms with Gasteiger partial charge in [0.05, 0.1) is 0 Å². The molecule has 0 atom stereocenters. The molecule has 2 aromatic rings. The van der Waals surface area contributed by atoms with E-state index in [2.05, 4.69) is 24.4 Å². The van der Waals surface area contributed by atoms with Crippen molar-refractivity contribution >= 4 is 5.69 Å². The average molecular weight is 285 g/mol. The molecule has 1 aliphatic rings. The van der Waals surface area contributed by atoms with E-state index in [0.717, 1.165) is 24.1 Å². The van der Waals surface area contributed by atoms with E-state index in [9.17, 15) is 5.11 Å². The number of phenolic OH excluding ortho intramolecular Hbond substituents is 1. The van der Waals surface area contributed by atoms with E-state index in [1.807, 2.05) is 18.2 Å². The lowest BCUT2D eigenvalue weighted by Gasteiger charge is -2.13. The Morgan fingerprint density at radius 3 is 2.67 bits per heavy atom. The molecule has 0 saturated carbocycles. The Hall–Kier alpha value is -2.36. The number of benzene rings is 2. The van der Waals surface area contributed by atoms with Crippen molar-refractivity contribution in [3.05, 3.63) is 47.5 Å². The molecular weight excluding hydrogens is 266 g/mol. The third kappa shape index (κ3) is 2.89. The van der Waals surface area contributed by atoms with E-state index in [0.29, 0.717) is 18.0 Å². The van der Waals surface area contributed by atoms with Crippen molar-refractivity contribution in [3.8, 4) is 17.2 Å². The van der Waals surface area contributed by atoms with Crippen molar-refractivity contribution in [1.82, 2.24) is 0 Å². The summed E-state index contributed by atoms with van der Waals surface area (Å²) in [6, 6.07) is 11.7. The van der Waals surface area contributed by atoms with Gasteiger partial charge < -0.3 is 19.9 Å². The monoisotopic (exact) mass is 285 g/mol. The number of rotatable bonds is 5. The molecule has 2 aromatic carbocycles. The van der Waals surface area contributed by atoms with Gasteiger partial charge in [-0.3, -0.25) is 0 Å². The summed E-state index contributed by atoms with van der Waals surface area (Å²) >= 11 is 0. The van der Waals surface area contributed by atoms with Crippen LogP contribution >= 0.6 is 0 Å². The molecule has 0 saturated heterocycles. The first-order chi connectivity index (χ1) is 10.3. The maximum atomic E-state index is 10.0. The molecule has 0 unspecified atom stereocenters. The molecule has 0 spiro atoms. The van der Waals surface area contributed by atoms with Crippen LogP contribution in [0, 0.1) is 0 Å². The van der Waals surface area contributed by atoms with Crippen LogP contribution < -0.4 is 14.8 Å². The molecule has 21 heavy (non-hydrogen) atoms. The Balaban J connectivity index is 1.76. The SMILES string of the molecule is CCCc1ccccc1NCc1cc2c(cc1O)OCO2.